The van der Waals surface area contributed by atoms with E-state index in [1.807, 2.05) is 32.2 Å². The molecule has 0 bridgehead atoms. The number of anilines is 1. The third-order valence-corrected chi connectivity index (χ3v) is 3.56. The normalized spacial score (nSPS) is 10.8. The molecule has 1 aromatic carbocycles. The van der Waals surface area contributed by atoms with Crippen LogP contribution in [-0.2, 0) is 7.05 Å². The SMILES string of the molecule is COc1cc(-c2c(-c3cn[nH]c3)nn(C)c2N)ccc1C. The molecule has 3 rings (SSSR count). The van der Waals surface area contributed by atoms with Crippen LogP contribution in [0.4, 0.5) is 5.82 Å². The molecule has 0 spiro atoms. The topological polar surface area (TPSA) is 81.8 Å². The number of H-pyrrole nitrogens is 1. The third-order valence-electron chi connectivity index (χ3n) is 3.56. The van der Waals surface area contributed by atoms with Crippen molar-refractivity contribution in [2.24, 2.45) is 7.05 Å². The summed E-state index contributed by atoms with van der Waals surface area (Å²) in [6.45, 7) is 2.01. The van der Waals surface area contributed by atoms with E-state index in [1.165, 1.54) is 0 Å². The van der Waals surface area contributed by atoms with Crippen LogP contribution >= 0.6 is 0 Å². The molecule has 0 amide bonds. The van der Waals surface area contributed by atoms with Crippen LogP contribution in [-0.4, -0.2) is 27.1 Å². The van der Waals surface area contributed by atoms with Gasteiger partial charge in [0.1, 0.15) is 17.3 Å². The highest BCUT2D eigenvalue weighted by Crippen LogP contribution is 2.37. The maximum atomic E-state index is 6.20. The first-order chi connectivity index (χ1) is 10.1. The molecule has 0 saturated heterocycles. The summed E-state index contributed by atoms with van der Waals surface area (Å²) in [5.41, 5.74) is 10.8. The lowest BCUT2D eigenvalue weighted by atomic mass is 10.0. The van der Waals surface area contributed by atoms with Crippen molar-refractivity contribution in [2.45, 2.75) is 6.92 Å². The van der Waals surface area contributed by atoms with Gasteiger partial charge in [-0.1, -0.05) is 12.1 Å². The average Bonchev–Trinajstić information content (AvgIpc) is 3.09. The number of nitrogens with one attached hydrogen (secondary N) is 1. The molecule has 21 heavy (non-hydrogen) atoms. The number of aryl methyl sites for hydroxylation is 2. The molecule has 3 N–H and O–H groups in total. The summed E-state index contributed by atoms with van der Waals surface area (Å²) in [6.07, 6.45) is 3.54. The fourth-order valence-corrected chi connectivity index (χ4v) is 2.38. The van der Waals surface area contributed by atoms with Gasteiger partial charge in [-0.05, 0) is 24.1 Å². The fraction of sp³-hybridized carbons (Fsp3) is 0.200. The number of nitrogens with two attached hydrogens (primary N) is 1. The van der Waals surface area contributed by atoms with Gasteiger partial charge in [-0.15, -0.1) is 0 Å². The number of nitrogens with zero attached hydrogens (tertiary/aromatic N) is 3. The van der Waals surface area contributed by atoms with Crippen LogP contribution in [0.1, 0.15) is 5.56 Å². The molecule has 2 heterocycles. The van der Waals surface area contributed by atoms with Crippen molar-refractivity contribution in [1.82, 2.24) is 20.0 Å². The van der Waals surface area contributed by atoms with Crippen molar-refractivity contribution in [3.63, 3.8) is 0 Å². The van der Waals surface area contributed by atoms with Crippen molar-refractivity contribution < 1.29 is 4.74 Å². The van der Waals surface area contributed by atoms with Crippen molar-refractivity contribution >= 4 is 5.82 Å². The smallest absolute Gasteiger partial charge is 0.129 e. The molecule has 108 valence electrons. The molecule has 0 aliphatic rings. The monoisotopic (exact) mass is 283 g/mol. The molecular weight excluding hydrogens is 266 g/mol. The summed E-state index contributed by atoms with van der Waals surface area (Å²) >= 11 is 0. The molecule has 2 aromatic heterocycles. The Hall–Kier alpha value is -2.76. The van der Waals surface area contributed by atoms with Gasteiger partial charge in [-0.2, -0.15) is 10.2 Å². The number of methoxy groups -OCH3 is 1. The number of ether oxygens (including phenoxy) is 1. The molecular formula is C15H17N5O. The Morgan fingerprint density at radius 2 is 2.10 bits per heavy atom. The summed E-state index contributed by atoms with van der Waals surface area (Å²) in [4.78, 5) is 0. The molecule has 6 nitrogen and oxygen atoms in total. The van der Waals surface area contributed by atoms with Gasteiger partial charge in [-0.25, -0.2) is 0 Å². The lowest BCUT2D eigenvalue weighted by molar-refractivity contribution is 0.412. The van der Waals surface area contributed by atoms with Gasteiger partial charge in [0, 0.05) is 18.8 Å². The molecule has 6 heteroatoms. The Bertz CT molecular complexity index is 774. The number of nitrogen functional groups attached to an aromatic ring is 1. The summed E-state index contributed by atoms with van der Waals surface area (Å²) in [5, 5.41) is 11.3. The van der Waals surface area contributed by atoms with Crippen molar-refractivity contribution in [1.29, 1.82) is 0 Å². The zero-order valence-corrected chi connectivity index (χ0v) is 12.2. The molecule has 0 atom stereocenters. The van der Waals surface area contributed by atoms with Gasteiger partial charge in [0.15, 0.2) is 0 Å². The van der Waals surface area contributed by atoms with E-state index in [1.54, 1.807) is 24.2 Å². The van der Waals surface area contributed by atoms with Crippen molar-refractivity contribution in [3.05, 3.63) is 36.2 Å². The van der Waals surface area contributed by atoms with Gasteiger partial charge in [0.2, 0.25) is 0 Å². The summed E-state index contributed by atoms with van der Waals surface area (Å²) in [5.74, 6) is 1.44. The van der Waals surface area contributed by atoms with Gasteiger partial charge in [0.05, 0.1) is 18.9 Å². The zero-order chi connectivity index (χ0) is 15.0. The van der Waals surface area contributed by atoms with E-state index in [2.05, 4.69) is 15.3 Å². The van der Waals surface area contributed by atoms with E-state index in [-0.39, 0.29) is 0 Å². The Kier molecular flexibility index (Phi) is 3.13. The van der Waals surface area contributed by atoms with Gasteiger partial charge in [-0.3, -0.25) is 9.78 Å². The lowest BCUT2D eigenvalue weighted by Gasteiger charge is -2.08. The minimum absolute atomic E-state index is 0.608. The van der Waals surface area contributed by atoms with E-state index < -0.39 is 0 Å². The highest BCUT2D eigenvalue weighted by molar-refractivity contribution is 5.88. The van der Waals surface area contributed by atoms with Gasteiger partial charge < -0.3 is 10.5 Å². The van der Waals surface area contributed by atoms with Crippen LogP contribution in [0.25, 0.3) is 22.4 Å². The van der Waals surface area contributed by atoms with Crippen molar-refractivity contribution in [3.8, 4) is 28.1 Å². The Balaban J connectivity index is 2.23. The highest BCUT2D eigenvalue weighted by atomic mass is 16.5. The minimum Gasteiger partial charge on any atom is -0.496 e. The highest BCUT2D eigenvalue weighted by Gasteiger charge is 2.18. The number of benzene rings is 1. The first-order valence-electron chi connectivity index (χ1n) is 6.58. The maximum absolute atomic E-state index is 6.20. The Morgan fingerprint density at radius 1 is 1.29 bits per heavy atom. The first kappa shape index (κ1) is 13.2. The van der Waals surface area contributed by atoms with E-state index in [4.69, 9.17) is 10.5 Å². The lowest BCUT2D eigenvalue weighted by Crippen LogP contribution is -1.98. The van der Waals surface area contributed by atoms with Crippen LogP contribution in [0, 0.1) is 6.92 Å². The van der Waals surface area contributed by atoms with E-state index in [0.717, 1.165) is 33.7 Å². The molecule has 0 fully saturated rings. The summed E-state index contributed by atoms with van der Waals surface area (Å²) in [7, 11) is 3.49. The molecule has 0 aliphatic carbocycles. The second-order valence-electron chi connectivity index (χ2n) is 4.90. The van der Waals surface area contributed by atoms with Crippen LogP contribution in [0.2, 0.25) is 0 Å². The minimum atomic E-state index is 0.608. The number of rotatable bonds is 3. The second-order valence-corrected chi connectivity index (χ2v) is 4.90. The number of aromatic nitrogens is 4. The molecule has 3 aromatic rings. The summed E-state index contributed by atoms with van der Waals surface area (Å²) in [6, 6.07) is 6.01. The zero-order valence-electron chi connectivity index (χ0n) is 12.2. The fourth-order valence-electron chi connectivity index (χ4n) is 2.38. The van der Waals surface area contributed by atoms with E-state index in [0.29, 0.717) is 5.82 Å². The van der Waals surface area contributed by atoms with Crippen LogP contribution in [0.3, 0.4) is 0 Å². The molecule has 0 aliphatic heterocycles. The molecule has 0 saturated carbocycles. The first-order valence-corrected chi connectivity index (χ1v) is 6.58. The standard InChI is InChI=1S/C15H17N5O/c1-9-4-5-10(6-12(9)21-3)13-14(11-7-17-18-8-11)19-20(2)15(13)16/h4-8H,16H2,1-3H3,(H,17,18). The largest absolute Gasteiger partial charge is 0.496 e. The predicted molar refractivity (Wildman–Crippen MR) is 81.9 cm³/mol. The van der Waals surface area contributed by atoms with E-state index in [9.17, 15) is 0 Å². The van der Waals surface area contributed by atoms with Crippen LogP contribution in [0.5, 0.6) is 5.75 Å². The molecule has 0 radical (unpaired) electrons. The number of aromatic amines is 1. The van der Waals surface area contributed by atoms with Crippen molar-refractivity contribution in [2.75, 3.05) is 12.8 Å². The van der Waals surface area contributed by atoms with Gasteiger partial charge in [0.25, 0.3) is 0 Å². The van der Waals surface area contributed by atoms with Crippen LogP contribution < -0.4 is 10.5 Å². The molecule has 0 unspecified atom stereocenters. The average molecular weight is 283 g/mol. The number of hydrogen-bond acceptors (Lipinski definition) is 4. The second kappa shape index (κ2) is 4.97. The summed E-state index contributed by atoms with van der Waals surface area (Å²) < 4.78 is 7.07. The Labute approximate surface area is 122 Å². The number of hydrogen-bond donors (Lipinski definition) is 2. The third kappa shape index (κ3) is 2.14. The quantitative estimate of drug-likeness (QED) is 0.773. The van der Waals surface area contributed by atoms with E-state index >= 15 is 0 Å². The van der Waals surface area contributed by atoms with Gasteiger partial charge >= 0.3 is 0 Å². The van der Waals surface area contributed by atoms with Crippen LogP contribution in [0.15, 0.2) is 30.6 Å². The Morgan fingerprint density at radius 3 is 2.76 bits per heavy atom. The predicted octanol–water partition coefficient (Wildman–Crippen LogP) is 2.38. The maximum Gasteiger partial charge on any atom is 0.129 e.